The Balaban J connectivity index is 1.80. The van der Waals surface area contributed by atoms with Gasteiger partial charge in [0.2, 0.25) is 0 Å². The van der Waals surface area contributed by atoms with Gasteiger partial charge in [0.15, 0.2) is 0 Å². The van der Waals surface area contributed by atoms with Gasteiger partial charge >= 0.3 is 0 Å². The summed E-state index contributed by atoms with van der Waals surface area (Å²) in [5.74, 6) is 0. The Labute approximate surface area is 156 Å². The minimum absolute atomic E-state index is 0.326. The lowest BCUT2D eigenvalue weighted by Gasteiger charge is -2.36. The SMILES string of the molecule is CN(C)c1ccc(C2(c3cccs3)C=CC=C(c3cccs3)N2)cc1. The number of hydrogen-bond acceptors (Lipinski definition) is 4. The average Bonchev–Trinajstić information content (AvgIpc) is 3.35. The minimum Gasteiger partial charge on any atom is -0.378 e. The van der Waals surface area contributed by atoms with Gasteiger partial charge in [0.25, 0.3) is 0 Å². The Bertz CT molecular complexity index is 888. The molecule has 0 aliphatic carbocycles. The van der Waals surface area contributed by atoms with Crippen molar-refractivity contribution in [2.75, 3.05) is 19.0 Å². The number of benzene rings is 1. The van der Waals surface area contributed by atoms with Crippen LogP contribution < -0.4 is 10.2 Å². The monoisotopic (exact) mass is 364 g/mol. The van der Waals surface area contributed by atoms with Crippen LogP contribution in [0.5, 0.6) is 0 Å². The van der Waals surface area contributed by atoms with Crippen molar-refractivity contribution in [1.82, 2.24) is 5.32 Å². The molecular weight excluding hydrogens is 344 g/mol. The Morgan fingerprint density at radius 3 is 2.32 bits per heavy atom. The zero-order valence-corrected chi connectivity index (χ0v) is 15.9. The predicted octanol–water partition coefficient (Wildman–Crippen LogP) is 5.32. The van der Waals surface area contributed by atoms with Gasteiger partial charge < -0.3 is 10.2 Å². The molecule has 1 unspecified atom stereocenters. The first-order valence-electron chi connectivity index (χ1n) is 8.22. The molecule has 1 aliphatic rings. The van der Waals surface area contributed by atoms with E-state index in [0.29, 0.717) is 0 Å². The van der Waals surface area contributed by atoms with Gasteiger partial charge in [-0.05, 0) is 52.7 Å². The van der Waals surface area contributed by atoms with Crippen molar-refractivity contribution in [2.24, 2.45) is 0 Å². The third-order valence-electron chi connectivity index (χ3n) is 4.48. The van der Waals surface area contributed by atoms with Crippen molar-refractivity contribution in [3.05, 3.63) is 92.8 Å². The number of hydrogen-bond donors (Lipinski definition) is 1. The first kappa shape index (κ1) is 16.2. The maximum absolute atomic E-state index is 3.82. The van der Waals surface area contributed by atoms with E-state index in [1.165, 1.54) is 26.7 Å². The summed E-state index contributed by atoms with van der Waals surface area (Å²) in [6.45, 7) is 0. The molecule has 1 aliphatic heterocycles. The Kier molecular flexibility index (Phi) is 4.24. The van der Waals surface area contributed by atoms with Crippen molar-refractivity contribution >= 4 is 34.1 Å². The zero-order chi connectivity index (χ0) is 17.3. The lowest BCUT2D eigenvalue weighted by atomic mass is 9.85. The molecule has 1 atom stereocenters. The summed E-state index contributed by atoms with van der Waals surface area (Å²) in [4.78, 5) is 4.68. The van der Waals surface area contributed by atoms with Crippen LogP contribution >= 0.6 is 22.7 Å². The van der Waals surface area contributed by atoms with E-state index in [2.05, 4.69) is 102 Å². The number of dihydropyridines is 1. The molecule has 1 aromatic carbocycles. The summed E-state index contributed by atoms with van der Waals surface area (Å²) in [6, 6.07) is 17.4. The van der Waals surface area contributed by atoms with Crippen LogP contribution in [0.3, 0.4) is 0 Å². The van der Waals surface area contributed by atoms with Crippen LogP contribution in [-0.2, 0) is 5.54 Å². The summed E-state index contributed by atoms with van der Waals surface area (Å²) in [6.07, 6.45) is 6.59. The van der Waals surface area contributed by atoms with E-state index in [9.17, 15) is 0 Å². The molecule has 25 heavy (non-hydrogen) atoms. The molecule has 4 heteroatoms. The van der Waals surface area contributed by atoms with E-state index < -0.39 is 0 Å². The first-order chi connectivity index (χ1) is 12.2. The smallest absolute Gasteiger partial charge is 0.116 e. The fourth-order valence-electron chi connectivity index (χ4n) is 3.14. The Morgan fingerprint density at radius 1 is 0.920 bits per heavy atom. The molecule has 0 amide bonds. The second-order valence-electron chi connectivity index (χ2n) is 6.27. The first-order valence-corrected chi connectivity index (χ1v) is 9.98. The van der Waals surface area contributed by atoms with Gasteiger partial charge in [-0.2, -0.15) is 0 Å². The van der Waals surface area contributed by atoms with E-state index >= 15 is 0 Å². The van der Waals surface area contributed by atoms with Gasteiger partial charge in [0, 0.05) is 24.7 Å². The van der Waals surface area contributed by atoms with Crippen molar-refractivity contribution in [1.29, 1.82) is 0 Å². The van der Waals surface area contributed by atoms with Gasteiger partial charge in [-0.25, -0.2) is 0 Å². The zero-order valence-electron chi connectivity index (χ0n) is 14.3. The third kappa shape index (κ3) is 2.92. The Hall–Kier alpha value is -2.30. The van der Waals surface area contributed by atoms with Crippen LogP contribution in [0.2, 0.25) is 0 Å². The number of anilines is 1. The maximum atomic E-state index is 3.82. The molecule has 0 bridgehead atoms. The van der Waals surface area contributed by atoms with Crippen LogP contribution in [0.1, 0.15) is 15.3 Å². The molecule has 4 rings (SSSR count). The second kappa shape index (κ2) is 6.54. The highest BCUT2D eigenvalue weighted by Gasteiger charge is 2.35. The van der Waals surface area contributed by atoms with Gasteiger partial charge in [0.05, 0.1) is 10.6 Å². The fraction of sp³-hybridized carbons (Fsp3) is 0.143. The van der Waals surface area contributed by atoms with Gasteiger partial charge in [-0.15, -0.1) is 22.7 Å². The van der Waals surface area contributed by atoms with Crippen LogP contribution in [-0.4, -0.2) is 14.1 Å². The summed E-state index contributed by atoms with van der Waals surface area (Å²) in [5, 5.41) is 8.08. The lowest BCUT2D eigenvalue weighted by Crippen LogP contribution is -2.41. The number of nitrogens with one attached hydrogen (secondary N) is 1. The molecule has 2 nitrogen and oxygen atoms in total. The van der Waals surface area contributed by atoms with E-state index in [1.807, 2.05) is 0 Å². The normalized spacial score (nSPS) is 19.4. The molecule has 3 heterocycles. The molecule has 0 saturated heterocycles. The molecular formula is C21H20N2S2. The lowest BCUT2D eigenvalue weighted by molar-refractivity contribution is 0.592. The molecule has 126 valence electrons. The Morgan fingerprint density at radius 2 is 1.68 bits per heavy atom. The highest BCUT2D eigenvalue weighted by atomic mass is 32.1. The van der Waals surface area contributed by atoms with E-state index in [4.69, 9.17) is 0 Å². The van der Waals surface area contributed by atoms with E-state index in [1.54, 1.807) is 22.7 Å². The van der Waals surface area contributed by atoms with E-state index in [0.717, 1.165) is 0 Å². The molecule has 2 aromatic heterocycles. The summed E-state index contributed by atoms with van der Waals surface area (Å²) in [5.41, 5.74) is 3.30. The van der Waals surface area contributed by atoms with Gasteiger partial charge in [-0.3, -0.25) is 0 Å². The van der Waals surface area contributed by atoms with Crippen molar-refractivity contribution < 1.29 is 0 Å². The van der Waals surface area contributed by atoms with Gasteiger partial charge in [-0.1, -0.05) is 30.3 Å². The largest absolute Gasteiger partial charge is 0.378 e. The molecule has 3 aromatic rings. The van der Waals surface area contributed by atoms with E-state index in [-0.39, 0.29) is 5.54 Å². The minimum atomic E-state index is -0.326. The summed E-state index contributed by atoms with van der Waals surface area (Å²) >= 11 is 3.55. The van der Waals surface area contributed by atoms with Crippen LogP contribution in [0, 0.1) is 0 Å². The predicted molar refractivity (Wildman–Crippen MR) is 110 cm³/mol. The molecule has 0 saturated carbocycles. The molecule has 0 radical (unpaired) electrons. The highest BCUT2D eigenvalue weighted by Crippen LogP contribution is 2.39. The van der Waals surface area contributed by atoms with Crippen molar-refractivity contribution in [3.8, 4) is 0 Å². The van der Waals surface area contributed by atoms with Crippen molar-refractivity contribution in [3.63, 3.8) is 0 Å². The second-order valence-corrected chi connectivity index (χ2v) is 8.16. The van der Waals surface area contributed by atoms with Crippen LogP contribution in [0.25, 0.3) is 5.70 Å². The third-order valence-corrected chi connectivity index (χ3v) is 6.38. The quantitative estimate of drug-likeness (QED) is 0.674. The number of nitrogens with zero attached hydrogens (tertiary/aromatic N) is 1. The molecule has 0 fully saturated rings. The topological polar surface area (TPSA) is 15.3 Å². The standard InChI is InChI=1S/C21H20N2S2/c1-23(2)17-11-9-16(10-12-17)21(20-8-5-15-25-20)13-3-6-18(22-21)19-7-4-14-24-19/h3-15,22H,1-2H3. The van der Waals surface area contributed by atoms with Crippen LogP contribution in [0.4, 0.5) is 5.69 Å². The summed E-state index contributed by atoms with van der Waals surface area (Å²) in [7, 11) is 4.14. The highest BCUT2D eigenvalue weighted by molar-refractivity contribution is 7.11. The average molecular weight is 365 g/mol. The number of allylic oxidation sites excluding steroid dienone is 2. The van der Waals surface area contributed by atoms with Crippen molar-refractivity contribution in [2.45, 2.75) is 5.54 Å². The van der Waals surface area contributed by atoms with Gasteiger partial charge in [0.1, 0.15) is 5.54 Å². The number of thiophene rings is 2. The maximum Gasteiger partial charge on any atom is 0.116 e. The van der Waals surface area contributed by atoms with Crippen LogP contribution in [0.15, 0.2) is 77.5 Å². The number of rotatable bonds is 4. The molecule has 1 N–H and O–H groups in total. The summed E-state index contributed by atoms with van der Waals surface area (Å²) < 4.78 is 0. The molecule has 0 spiro atoms. The fourth-order valence-corrected chi connectivity index (χ4v) is 4.73.